The number of nitrogens with zero attached hydrogens (tertiary/aromatic N) is 1. The zero-order valence-electron chi connectivity index (χ0n) is 7.61. The molecule has 0 aliphatic heterocycles. The van der Waals surface area contributed by atoms with Gasteiger partial charge in [-0.05, 0) is 25.0 Å². The van der Waals surface area contributed by atoms with E-state index in [4.69, 9.17) is 16.7 Å². The van der Waals surface area contributed by atoms with E-state index in [1.807, 2.05) is 0 Å². The second-order valence-corrected chi connectivity index (χ2v) is 3.50. The molecule has 4 nitrogen and oxygen atoms in total. The van der Waals surface area contributed by atoms with Crippen molar-refractivity contribution in [1.29, 1.82) is 0 Å². The lowest BCUT2D eigenvalue weighted by molar-refractivity contribution is -0.384. The van der Waals surface area contributed by atoms with E-state index in [9.17, 15) is 10.1 Å². The van der Waals surface area contributed by atoms with Crippen molar-refractivity contribution in [1.82, 2.24) is 0 Å². The zero-order chi connectivity index (χ0) is 10.7. The van der Waals surface area contributed by atoms with Gasteiger partial charge in [0.15, 0.2) is 0 Å². The lowest BCUT2D eigenvalue weighted by atomic mass is 10.1. The Morgan fingerprint density at radius 1 is 1.64 bits per heavy atom. The summed E-state index contributed by atoms with van der Waals surface area (Å²) in [7, 11) is 0. The molecule has 0 saturated heterocycles. The molecule has 0 spiro atoms. The largest absolute Gasteiger partial charge is 0.393 e. The number of benzene rings is 1. The molecule has 0 amide bonds. The molecule has 5 heteroatoms. The van der Waals surface area contributed by atoms with Crippen LogP contribution in [0.1, 0.15) is 12.5 Å². The first-order chi connectivity index (χ1) is 6.50. The summed E-state index contributed by atoms with van der Waals surface area (Å²) in [4.78, 5) is 9.98. The highest BCUT2D eigenvalue weighted by Gasteiger charge is 2.13. The lowest BCUT2D eigenvalue weighted by Gasteiger charge is -2.04. The van der Waals surface area contributed by atoms with Gasteiger partial charge in [-0.15, -0.1) is 0 Å². The molecule has 1 aromatic rings. The van der Waals surface area contributed by atoms with Crippen molar-refractivity contribution in [2.75, 3.05) is 0 Å². The summed E-state index contributed by atoms with van der Waals surface area (Å²) in [5.74, 6) is 0. The second-order valence-electron chi connectivity index (χ2n) is 3.10. The molecular formula is C9H10ClNO3. The summed E-state index contributed by atoms with van der Waals surface area (Å²) in [5, 5.41) is 19.7. The first-order valence-electron chi connectivity index (χ1n) is 4.11. The van der Waals surface area contributed by atoms with Crippen molar-refractivity contribution in [2.45, 2.75) is 19.4 Å². The number of hydrogen-bond acceptors (Lipinski definition) is 3. The third-order valence-electron chi connectivity index (χ3n) is 1.74. The number of nitro groups is 1. The Balaban J connectivity index is 3.00. The topological polar surface area (TPSA) is 63.4 Å². The fourth-order valence-electron chi connectivity index (χ4n) is 1.17. The maximum Gasteiger partial charge on any atom is 0.288 e. The minimum Gasteiger partial charge on any atom is -0.393 e. The number of halogens is 1. The first-order valence-corrected chi connectivity index (χ1v) is 4.49. The van der Waals surface area contributed by atoms with Crippen LogP contribution >= 0.6 is 11.6 Å². The summed E-state index contributed by atoms with van der Waals surface area (Å²) in [5.41, 5.74) is 0.584. The summed E-state index contributed by atoms with van der Waals surface area (Å²) in [6.07, 6.45) is -0.131. The monoisotopic (exact) mass is 215 g/mol. The van der Waals surface area contributed by atoms with Gasteiger partial charge in [0, 0.05) is 6.07 Å². The molecule has 14 heavy (non-hydrogen) atoms. The number of aliphatic hydroxyl groups is 1. The highest BCUT2D eigenvalue weighted by Crippen LogP contribution is 2.25. The van der Waals surface area contributed by atoms with Gasteiger partial charge in [0.05, 0.1) is 11.0 Å². The molecule has 1 atom stereocenters. The molecule has 0 saturated carbocycles. The molecule has 0 bridgehead atoms. The Hall–Kier alpha value is -1.13. The second kappa shape index (κ2) is 4.39. The maximum absolute atomic E-state index is 10.5. The van der Waals surface area contributed by atoms with E-state index in [-0.39, 0.29) is 10.7 Å². The average Bonchev–Trinajstić information content (AvgIpc) is 2.07. The average molecular weight is 216 g/mol. The van der Waals surface area contributed by atoms with E-state index in [0.29, 0.717) is 12.0 Å². The summed E-state index contributed by atoms with van der Waals surface area (Å²) >= 11 is 5.62. The normalized spacial score (nSPS) is 12.5. The van der Waals surface area contributed by atoms with Gasteiger partial charge in [0.25, 0.3) is 5.69 Å². The molecule has 1 N–H and O–H groups in total. The van der Waals surface area contributed by atoms with E-state index in [0.717, 1.165) is 0 Å². The first kappa shape index (κ1) is 10.9. The molecule has 0 unspecified atom stereocenters. The van der Waals surface area contributed by atoms with Crippen molar-refractivity contribution < 1.29 is 10.0 Å². The molecule has 0 heterocycles. The molecular weight excluding hydrogens is 206 g/mol. The number of nitro benzene ring substituents is 1. The van der Waals surface area contributed by atoms with Crippen molar-refractivity contribution >= 4 is 17.3 Å². The van der Waals surface area contributed by atoms with Crippen LogP contribution in [0.5, 0.6) is 0 Å². The molecule has 0 aromatic heterocycles. The van der Waals surface area contributed by atoms with E-state index in [1.54, 1.807) is 13.0 Å². The van der Waals surface area contributed by atoms with Crippen LogP contribution in [0.3, 0.4) is 0 Å². The van der Waals surface area contributed by atoms with Gasteiger partial charge in [-0.2, -0.15) is 0 Å². The Morgan fingerprint density at radius 3 is 2.79 bits per heavy atom. The fourth-order valence-corrected chi connectivity index (χ4v) is 1.35. The van der Waals surface area contributed by atoms with Gasteiger partial charge in [-0.1, -0.05) is 17.7 Å². The predicted molar refractivity (Wildman–Crippen MR) is 53.5 cm³/mol. The standard InChI is InChI=1S/C9H10ClNO3/c1-6(12)4-7-2-3-8(10)9(5-7)11(13)14/h2-3,5-6,12H,4H2,1H3/t6-/m0/s1. The van der Waals surface area contributed by atoms with Crippen LogP contribution in [0, 0.1) is 10.1 Å². The van der Waals surface area contributed by atoms with Crippen LogP contribution in [0.15, 0.2) is 18.2 Å². The predicted octanol–water partition coefficient (Wildman–Crippen LogP) is 2.17. The molecule has 0 aliphatic carbocycles. The Bertz CT molecular complexity index is 352. The molecule has 0 radical (unpaired) electrons. The number of aliphatic hydroxyl groups excluding tert-OH is 1. The van der Waals surface area contributed by atoms with E-state index in [1.165, 1.54) is 12.1 Å². The van der Waals surface area contributed by atoms with Gasteiger partial charge >= 0.3 is 0 Å². The summed E-state index contributed by atoms with van der Waals surface area (Å²) in [6, 6.07) is 4.52. The van der Waals surface area contributed by atoms with Gasteiger partial charge in [-0.3, -0.25) is 10.1 Å². The maximum atomic E-state index is 10.5. The molecule has 0 fully saturated rings. The van der Waals surface area contributed by atoms with Crippen LogP contribution in [-0.2, 0) is 6.42 Å². The van der Waals surface area contributed by atoms with E-state index < -0.39 is 11.0 Å². The molecule has 0 aliphatic rings. The Labute approximate surface area is 86.3 Å². The van der Waals surface area contributed by atoms with Crippen molar-refractivity contribution in [3.8, 4) is 0 Å². The third kappa shape index (κ3) is 2.68. The van der Waals surface area contributed by atoms with E-state index >= 15 is 0 Å². The number of rotatable bonds is 3. The molecule has 76 valence electrons. The van der Waals surface area contributed by atoms with Crippen molar-refractivity contribution in [2.24, 2.45) is 0 Å². The smallest absolute Gasteiger partial charge is 0.288 e. The fraction of sp³-hybridized carbons (Fsp3) is 0.333. The number of hydrogen-bond donors (Lipinski definition) is 1. The van der Waals surface area contributed by atoms with Gasteiger partial charge in [-0.25, -0.2) is 0 Å². The molecule has 1 rings (SSSR count). The molecule has 1 aromatic carbocycles. The van der Waals surface area contributed by atoms with Gasteiger partial charge in [0.2, 0.25) is 0 Å². The minimum absolute atomic E-state index is 0.115. The summed E-state index contributed by atoms with van der Waals surface area (Å²) < 4.78 is 0. The van der Waals surface area contributed by atoms with Gasteiger partial charge in [0.1, 0.15) is 5.02 Å². The van der Waals surface area contributed by atoms with Gasteiger partial charge < -0.3 is 5.11 Å². The Kier molecular flexibility index (Phi) is 3.43. The van der Waals surface area contributed by atoms with Crippen LogP contribution in [0.4, 0.5) is 5.69 Å². The highest BCUT2D eigenvalue weighted by atomic mass is 35.5. The van der Waals surface area contributed by atoms with Crippen molar-refractivity contribution in [3.63, 3.8) is 0 Å². The van der Waals surface area contributed by atoms with Crippen LogP contribution in [0.2, 0.25) is 5.02 Å². The van der Waals surface area contributed by atoms with Crippen LogP contribution in [-0.4, -0.2) is 16.1 Å². The highest BCUT2D eigenvalue weighted by molar-refractivity contribution is 6.32. The lowest BCUT2D eigenvalue weighted by Crippen LogP contribution is -2.04. The van der Waals surface area contributed by atoms with Crippen LogP contribution in [0.25, 0.3) is 0 Å². The SMILES string of the molecule is C[C@H](O)Cc1ccc(Cl)c([N+](=O)[O-])c1. The zero-order valence-corrected chi connectivity index (χ0v) is 8.36. The third-order valence-corrected chi connectivity index (χ3v) is 2.06. The quantitative estimate of drug-likeness (QED) is 0.621. The van der Waals surface area contributed by atoms with Crippen LogP contribution < -0.4 is 0 Å². The van der Waals surface area contributed by atoms with Crippen molar-refractivity contribution in [3.05, 3.63) is 38.9 Å². The Morgan fingerprint density at radius 2 is 2.29 bits per heavy atom. The minimum atomic E-state index is -0.534. The summed E-state index contributed by atoms with van der Waals surface area (Å²) in [6.45, 7) is 1.63. The van der Waals surface area contributed by atoms with E-state index in [2.05, 4.69) is 0 Å².